The maximum Gasteiger partial charge on any atom is 0.188 e. The van der Waals surface area contributed by atoms with Gasteiger partial charge in [-0.15, -0.1) is 11.3 Å². The normalized spacial score (nSPS) is 21.6. The van der Waals surface area contributed by atoms with Crippen LogP contribution < -0.4 is 5.32 Å². The Hall–Kier alpha value is -0.390. The minimum Gasteiger partial charge on any atom is -0.316 e. The zero-order chi connectivity index (χ0) is 12.3. The molecule has 96 valence electrons. The first kappa shape index (κ1) is 13.1. The Labute approximate surface area is 107 Å². The zero-order valence-electron chi connectivity index (χ0n) is 10.1. The third-order valence-electron chi connectivity index (χ3n) is 3.15. The van der Waals surface area contributed by atoms with E-state index in [0.29, 0.717) is 9.96 Å². The molecule has 5 heteroatoms. The zero-order valence-corrected chi connectivity index (χ0v) is 11.7. The molecule has 0 radical (unpaired) electrons. The van der Waals surface area contributed by atoms with Gasteiger partial charge in [0, 0.05) is 4.88 Å². The molecule has 0 bridgehead atoms. The second-order valence-electron chi connectivity index (χ2n) is 4.57. The van der Waals surface area contributed by atoms with Crippen LogP contribution >= 0.6 is 11.3 Å². The molecule has 0 aromatic carbocycles. The van der Waals surface area contributed by atoms with Crippen molar-refractivity contribution in [1.29, 1.82) is 0 Å². The molecule has 1 atom stereocenters. The molecule has 1 saturated heterocycles. The van der Waals surface area contributed by atoms with Crippen molar-refractivity contribution < 1.29 is 8.42 Å². The lowest BCUT2D eigenvalue weighted by Gasteiger charge is -2.22. The summed E-state index contributed by atoms with van der Waals surface area (Å²) in [6, 6.07) is 3.69. The van der Waals surface area contributed by atoms with Gasteiger partial charge in [-0.05, 0) is 50.4 Å². The Morgan fingerprint density at radius 2 is 2.29 bits per heavy atom. The minimum atomic E-state index is -3.07. The van der Waals surface area contributed by atoms with Crippen LogP contribution in [0.2, 0.25) is 0 Å². The van der Waals surface area contributed by atoms with E-state index in [1.807, 2.05) is 13.0 Å². The molecule has 0 aliphatic carbocycles. The van der Waals surface area contributed by atoms with Gasteiger partial charge in [-0.3, -0.25) is 0 Å². The molecule has 1 aromatic rings. The average molecular weight is 273 g/mol. The summed E-state index contributed by atoms with van der Waals surface area (Å²) in [6.07, 6.45) is 3.02. The third-order valence-corrected chi connectivity index (χ3v) is 6.84. The highest BCUT2D eigenvalue weighted by molar-refractivity contribution is 7.93. The van der Waals surface area contributed by atoms with E-state index in [1.54, 1.807) is 6.07 Å². The number of hydrogen-bond acceptors (Lipinski definition) is 4. The predicted molar refractivity (Wildman–Crippen MR) is 71.3 cm³/mol. The summed E-state index contributed by atoms with van der Waals surface area (Å²) in [4.78, 5) is 1.14. The molecular weight excluding hydrogens is 254 g/mol. The van der Waals surface area contributed by atoms with Crippen molar-refractivity contribution >= 4 is 21.2 Å². The van der Waals surface area contributed by atoms with Crippen LogP contribution in [0, 0.1) is 5.92 Å². The van der Waals surface area contributed by atoms with Crippen LogP contribution in [0.15, 0.2) is 16.3 Å². The van der Waals surface area contributed by atoms with Gasteiger partial charge < -0.3 is 5.32 Å². The molecule has 1 fully saturated rings. The third kappa shape index (κ3) is 3.30. The number of rotatable bonds is 4. The van der Waals surface area contributed by atoms with Gasteiger partial charge in [0.2, 0.25) is 0 Å². The first-order valence-electron chi connectivity index (χ1n) is 6.14. The van der Waals surface area contributed by atoms with Gasteiger partial charge in [0.05, 0.1) is 5.75 Å². The molecule has 1 unspecified atom stereocenters. The molecule has 0 saturated carbocycles. The lowest BCUT2D eigenvalue weighted by molar-refractivity contribution is 0.404. The topological polar surface area (TPSA) is 46.2 Å². The van der Waals surface area contributed by atoms with Crippen molar-refractivity contribution in [2.75, 3.05) is 18.8 Å². The quantitative estimate of drug-likeness (QED) is 0.913. The van der Waals surface area contributed by atoms with Crippen LogP contribution in [0.4, 0.5) is 0 Å². The number of thiophene rings is 1. The fourth-order valence-corrected chi connectivity index (χ4v) is 5.23. The molecule has 0 amide bonds. The first-order valence-corrected chi connectivity index (χ1v) is 8.61. The summed E-state index contributed by atoms with van der Waals surface area (Å²) in [7, 11) is -3.07. The summed E-state index contributed by atoms with van der Waals surface area (Å²) in [6.45, 7) is 3.91. The van der Waals surface area contributed by atoms with E-state index in [2.05, 4.69) is 5.32 Å². The van der Waals surface area contributed by atoms with E-state index in [9.17, 15) is 8.42 Å². The van der Waals surface area contributed by atoms with Crippen LogP contribution in [0.1, 0.15) is 24.6 Å². The van der Waals surface area contributed by atoms with Crippen molar-refractivity contribution in [3.63, 3.8) is 0 Å². The molecule has 3 nitrogen and oxygen atoms in total. The van der Waals surface area contributed by atoms with Crippen LogP contribution in [-0.2, 0) is 16.3 Å². The molecule has 17 heavy (non-hydrogen) atoms. The number of aryl methyl sites for hydroxylation is 1. The molecule has 1 N–H and O–H groups in total. The summed E-state index contributed by atoms with van der Waals surface area (Å²) in [5.74, 6) is 0.574. The Balaban J connectivity index is 2.07. The highest BCUT2D eigenvalue weighted by Crippen LogP contribution is 2.25. The van der Waals surface area contributed by atoms with Crippen molar-refractivity contribution in [1.82, 2.24) is 5.32 Å². The second kappa shape index (κ2) is 5.50. The van der Waals surface area contributed by atoms with Crippen molar-refractivity contribution in [3.8, 4) is 0 Å². The van der Waals surface area contributed by atoms with E-state index < -0.39 is 9.84 Å². The van der Waals surface area contributed by atoms with E-state index in [0.717, 1.165) is 37.2 Å². The van der Waals surface area contributed by atoms with Crippen molar-refractivity contribution in [2.45, 2.75) is 30.4 Å². The van der Waals surface area contributed by atoms with E-state index in [1.165, 1.54) is 11.3 Å². The van der Waals surface area contributed by atoms with Gasteiger partial charge in [0.25, 0.3) is 0 Å². The van der Waals surface area contributed by atoms with Gasteiger partial charge in [0.15, 0.2) is 9.84 Å². The van der Waals surface area contributed by atoms with Gasteiger partial charge in [-0.25, -0.2) is 8.42 Å². The Morgan fingerprint density at radius 3 is 2.88 bits per heavy atom. The molecule has 0 spiro atoms. The van der Waals surface area contributed by atoms with E-state index in [-0.39, 0.29) is 5.92 Å². The second-order valence-corrected chi connectivity index (χ2v) is 8.00. The monoisotopic (exact) mass is 273 g/mol. The Morgan fingerprint density at radius 1 is 1.47 bits per heavy atom. The standard InChI is InChI=1S/C12H19NO2S2/c1-2-11-5-6-12(16-11)17(14,15)9-10-4-3-7-13-8-10/h5-6,10,13H,2-4,7-9H2,1H3. The minimum absolute atomic E-state index is 0.279. The van der Waals surface area contributed by atoms with Gasteiger partial charge in [-0.2, -0.15) is 0 Å². The van der Waals surface area contributed by atoms with Crippen molar-refractivity contribution in [2.24, 2.45) is 5.92 Å². The lowest BCUT2D eigenvalue weighted by atomic mass is 10.0. The van der Waals surface area contributed by atoms with Crippen LogP contribution in [0.25, 0.3) is 0 Å². The number of sulfone groups is 1. The summed E-state index contributed by atoms with van der Waals surface area (Å²) in [5, 5.41) is 3.26. The molecule has 1 aliphatic rings. The highest BCUT2D eigenvalue weighted by atomic mass is 32.2. The van der Waals surface area contributed by atoms with Crippen molar-refractivity contribution in [3.05, 3.63) is 17.0 Å². The van der Waals surface area contributed by atoms with Crippen LogP contribution in [0.3, 0.4) is 0 Å². The lowest BCUT2D eigenvalue weighted by Crippen LogP contribution is -2.33. The van der Waals surface area contributed by atoms with E-state index in [4.69, 9.17) is 0 Å². The maximum absolute atomic E-state index is 12.2. The number of hydrogen-bond donors (Lipinski definition) is 1. The van der Waals surface area contributed by atoms with Gasteiger partial charge >= 0.3 is 0 Å². The summed E-state index contributed by atoms with van der Waals surface area (Å²) >= 11 is 1.42. The molecule has 2 rings (SSSR count). The molecule has 2 heterocycles. The highest BCUT2D eigenvalue weighted by Gasteiger charge is 2.24. The smallest absolute Gasteiger partial charge is 0.188 e. The molecule has 1 aliphatic heterocycles. The fourth-order valence-electron chi connectivity index (χ4n) is 2.17. The predicted octanol–water partition coefficient (Wildman–Crippen LogP) is 2.08. The molecule has 1 aromatic heterocycles. The fraction of sp³-hybridized carbons (Fsp3) is 0.667. The van der Waals surface area contributed by atoms with Gasteiger partial charge in [-0.1, -0.05) is 6.92 Å². The van der Waals surface area contributed by atoms with Crippen LogP contribution in [-0.4, -0.2) is 27.3 Å². The Kier molecular flexibility index (Phi) is 4.22. The van der Waals surface area contributed by atoms with Gasteiger partial charge in [0.1, 0.15) is 4.21 Å². The van der Waals surface area contributed by atoms with E-state index >= 15 is 0 Å². The largest absolute Gasteiger partial charge is 0.316 e. The number of nitrogens with one attached hydrogen (secondary N) is 1. The summed E-state index contributed by atoms with van der Waals surface area (Å²) in [5.41, 5.74) is 0. The number of piperidine rings is 1. The average Bonchev–Trinajstić information content (AvgIpc) is 2.79. The summed E-state index contributed by atoms with van der Waals surface area (Å²) < 4.78 is 25.0. The Bertz CT molecular complexity index is 459. The molecular formula is C12H19NO2S2. The first-order chi connectivity index (χ1) is 8.12. The maximum atomic E-state index is 12.2. The van der Waals surface area contributed by atoms with Crippen LogP contribution in [0.5, 0.6) is 0 Å². The SMILES string of the molecule is CCc1ccc(S(=O)(=O)CC2CCCNC2)s1.